The van der Waals surface area contributed by atoms with Crippen LogP contribution in [0.1, 0.15) is 53.7 Å². The molecule has 0 saturated carbocycles. The number of hydrogen-bond donors (Lipinski definition) is 1. The summed E-state index contributed by atoms with van der Waals surface area (Å²) in [6.45, 7) is 7.91. The molecule has 2 aromatic rings. The first kappa shape index (κ1) is 28.2. The van der Waals surface area contributed by atoms with Crippen molar-refractivity contribution in [2.75, 3.05) is 31.6 Å². The average molecular weight is 495 g/mol. The molecular weight excluding hydrogens is 461 g/mol. The van der Waals surface area contributed by atoms with Gasteiger partial charge in [-0.1, -0.05) is 13.0 Å². The number of carboxylic acids is 1. The van der Waals surface area contributed by atoms with Gasteiger partial charge in [-0.15, -0.1) is 0 Å². The zero-order chi connectivity index (χ0) is 26.2. The Morgan fingerprint density at radius 2 is 1.77 bits per heavy atom. The van der Waals surface area contributed by atoms with Gasteiger partial charge in [0.05, 0.1) is 17.7 Å². The van der Waals surface area contributed by atoms with Crippen LogP contribution < -0.4 is 4.90 Å². The second-order valence-corrected chi connectivity index (χ2v) is 9.04. The highest BCUT2D eigenvalue weighted by atomic mass is 19.4. The third-order valence-electron chi connectivity index (χ3n) is 6.03. The topological polar surface area (TPSA) is 70.1 Å². The maximum Gasteiger partial charge on any atom is 0.416 e. The summed E-state index contributed by atoms with van der Waals surface area (Å²) in [5.74, 6) is -1.01. The molecule has 0 spiro atoms. The lowest BCUT2D eigenvalue weighted by Gasteiger charge is -2.35. The van der Waals surface area contributed by atoms with E-state index in [-0.39, 0.29) is 5.56 Å². The van der Waals surface area contributed by atoms with Crippen LogP contribution in [0.3, 0.4) is 0 Å². The van der Waals surface area contributed by atoms with Gasteiger partial charge in [0.25, 0.3) is 6.47 Å². The van der Waals surface area contributed by atoms with Crippen LogP contribution in [0.15, 0.2) is 42.5 Å². The molecule has 6 nitrogen and oxygen atoms in total. The Morgan fingerprint density at radius 3 is 2.31 bits per heavy atom. The van der Waals surface area contributed by atoms with Crippen LogP contribution in [0.25, 0.3) is 0 Å². The number of benzene rings is 2. The molecule has 1 atom stereocenters. The summed E-state index contributed by atoms with van der Waals surface area (Å²) in [7, 11) is 1.82. The number of aryl methyl sites for hydroxylation is 1. The lowest BCUT2D eigenvalue weighted by Crippen LogP contribution is -2.44. The van der Waals surface area contributed by atoms with Crippen molar-refractivity contribution in [1.29, 1.82) is 0 Å². The van der Waals surface area contributed by atoms with Crippen LogP contribution in [0.5, 0.6) is 0 Å². The number of halogens is 3. The third kappa shape index (κ3) is 8.28. The van der Waals surface area contributed by atoms with E-state index in [2.05, 4.69) is 4.90 Å². The summed E-state index contributed by atoms with van der Waals surface area (Å²) in [6.07, 6.45) is -3.12. The van der Waals surface area contributed by atoms with E-state index in [4.69, 9.17) is 9.84 Å². The average Bonchev–Trinajstić information content (AvgIpc) is 2.78. The summed E-state index contributed by atoms with van der Waals surface area (Å²) in [5.41, 5.74) is 0.808. The van der Waals surface area contributed by atoms with Gasteiger partial charge in [-0.05, 0) is 74.3 Å². The van der Waals surface area contributed by atoms with E-state index < -0.39 is 23.3 Å². The van der Waals surface area contributed by atoms with Gasteiger partial charge in [-0.2, -0.15) is 13.2 Å². The fourth-order valence-corrected chi connectivity index (χ4v) is 3.98. The highest BCUT2D eigenvalue weighted by molar-refractivity contribution is 5.88. The molecule has 0 fully saturated rings. The van der Waals surface area contributed by atoms with Crippen molar-refractivity contribution in [1.82, 2.24) is 4.90 Å². The predicted molar refractivity (Wildman–Crippen MR) is 129 cm³/mol. The van der Waals surface area contributed by atoms with Gasteiger partial charge in [0.15, 0.2) is 0 Å². The molecule has 0 amide bonds. The zero-order valence-corrected chi connectivity index (χ0v) is 20.6. The minimum absolute atomic E-state index is 0.175. The quantitative estimate of drug-likeness (QED) is 0.377. The Labute approximate surface area is 204 Å². The van der Waals surface area contributed by atoms with Crippen molar-refractivity contribution in [3.8, 4) is 0 Å². The van der Waals surface area contributed by atoms with Gasteiger partial charge < -0.3 is 14.7 Å². The number of carbonyl (C=O) groups excluding carboxylic acids is 1. The van der Waals surface area contributed by atoms with E-state index in [1.54, 1.807) is 19.1 Å². The molecule has 0 aliphatic heterocycles. The van der Waals surface area contributed by atoms with Crippen LogP contribution in [-0.2, 0) is 22.3 Å². The van der Waals surface area contributed by atoms with E-state index in [0.29, 0.717) is 44.6 Å². The minimum Gasteiger partial charge on any atom is -0.478 e. The van der Waals surface area contributed by atoms with Gasteiger partial charge in [0, 0.05) is 32.2 Å². The molecule has 0 saturated heterocycles. The van der Waals surface area contributed by atoms with Crippen LogP contribution in [-0.4, -0.2) is 54.7 Å². The summed E-state index contributed by atoms with van der Waals surface area (Å²) in [4.78, 5) is 26.3. The van der Waals surface area contributed by atoms with Crippen molar-refractivity contribution in [3.63, 3.8) is 0 Å². The van der Waals surface area contributed by atoms with Crippen molar-refractivity contribution in [2.45, 2.75) is 51.9 Å². The van der Waals surface area contributed by atoms with Gasteiger partial charge >= 0.3 is 12.1 Å². The minimum atomic E-state index is -4.40. The van der Waals surface area contributed by atoms with E-state index in [1.165, 1.54) is 24.3 Å². The first-order chi connectivity index (χ1) is 16.4. The van der Waals surface area contributed by atoms with E-state index in [1.807, 2.05) is 25.8 Å². The number of ether oxygens (including phenoxy) is 1. The van der Waals surface area contributed by atoms with Crippen molar-refractivity contribution < 1.29 is 32.6 Å². The Hall–Kier alpha value is -3.07. The number of nitrogens with zero attached hydrogens (tertiary/aromatic N) is 2. The Kier molecular flexibility index (Phi) is 9.71. The van der Waals surface area contributed by atoms with Gasteiger partial charge in [-0.25, -0.2) is 4.79 Å². The Morgan fingerprint density at radius 1 is 1.11 bits per heavy atom. The molecule has 2 aromatic carbocycles. The normalized spacial score (nSPS) is 13.4. The molecule has 0 heterocycles. The van der Waals surface area contributed by atoms with Crippen LogP contribution in [0, 0.1) is 6.92 Å². The zero-order valence-electron chi connectivity index (χ0n) is 20.6. The standard InChI is InChI=1S/C26H33F3N2O4/c1-5-13-31(16-21-15-22(26(27,28)29)9-6-19(21)2)14-12-25(3,35-18-32)17-30(4)23-10-7-20(8-11-23)24(33)34/h6-11,15,18H,5,12-14,16-17H2,1-4H3,(H,33,34). The molecule has 0 aromatic heterocycles. The lowest BCUT2D eigenvalue weighted by molar-refractivity contribution is -0.142. The van der Waals surface area contributed by atoms with E-state index >= 15 is 0 Å². The predicted octanol–water partition coefficient (Wildman–Crippen LogP) is 5.38. The SMILES string of the molecule is CCCN(CCC(C)(CN(C)c1ccc(C(=O)O)cc1)OC=O)Cc1cc(C(F)(F)F)ccc1C. The first-order valence-electron chi connectivity index (χ1n) is 11.4. The molecule has 0 radical (unpaired) electrons. The third-order valence-corrected chi connectivity index (χ3v) is 6.03. The molecule has 192 valence electrons. The number of anilines is 1. The van der Waals surface area contributed by atoms with Gasteiger partial charge in [-0.3, -0.25) is 9.69 Å². The number of alkyl halides is 3. The molecule has 35 heavy (non-hydrogen) atoms. The largest absolute Gasteiger partial charge is 0.478 e. The van der Waals surface area contributed by atoms with Crippen molar-refractivity contribution in [3.05, 3.63) is 64.7 Å². The molecule has 0 aliphatic rings. The van der Waals surface area contributed by atoms with Crippen LogP contribution in [0.2, 0.25) is 0 Å². The monoisotopic (exact) mass is 494 g/mol. The number of likely N-dealkylation sites (N-methyl/N-ethyl adjacent to an activating group) is 1. The lowest BCUT2D eigenvalue weighted by atomic mass is 9.99. The number of rotatable bonds is 13. The molecule has 0 bridgehead atoms. The smallest absolute Gasteiger partial charge is 0.416 e. The van der Waals surface area contributed by atoms with E-state index in [0.717, 1.165) is 23.7 Å². The number of carboxylic acid groups (broad SMARTS) is 1. The second kappa shape index (κ2) is 12.1. The van der Waals surface area contributed by atoms with Crippen LogP contribution in [0.4, 0.5) is 18.9 Å². The summed E-state index contributed by atoms with van der Waals surface area (Å²) < 4.78 is 45.1. The molecule has 1 N–H and O–H groups in total. The van der Waals surface area contributed by atoms with Crippen LogP contribution >= 0.6 is 0 Å². The van der Waals surface area contributed by atoms with Gasteiger partial charge in [0.1, 0.15) is 5.60 Å². The Balaban J connectivity index is 2.14. The summed E-state index contributed by atoms with van der Waals surface area (Å²) in [6, 6.07) is 10.2. The molecule has 9 heteroatoms. The molecule has 1 unspecified atom stereocenters. The maximum atomic E-state index is 13.2. The number of aromatic carboxylic acids is 1. The van der Waals surface area contributed by atoms with Gasteiger partial charge in [0.2, 0.25) is 0 Å². The van der Waals surface area contributed by atoms with Crippen molar-refractivity contribution >= 4 is 18.1 Å². The van der Waals surface area contributed by atoms with E-state index in [9.17, 15) is 22.8 Å². The number of hydrogen-bond acceptors (Lipinski definition) is 5. The highest BCUT2D eigenvalue weighted by Crippen LogP contribution is 2.31. The highest BCUT2D eigenvalue weighted by Gasteiger charge is 2.31. The fourth-order valence-electron chi connectivity index (χ4n) is 3.98. The fraction of sp³-hybridized carbons (Fsp3) is 0.462. The summed E-state index contributed by atoms with van der Waals surface area (Å²) >= 11 is 0. The maximum absolute atomic E-state index is 13.2. The summed E-state index contributed by atoms with van der Waals surface area (Å²) in [5, 5.41) is 9.08. The molecule has 0 aliphatic carbocycles. The second-order valence-electron chi connectivity index (χ2n) is 9.04. The Bertz CT molecular complexity index is 995. The first-order valence-corrected chi connectivity index (χ1v) is 11.4. The molecular formula is C26H33F3N2O4. The van der Waals surface area contributed by atoms with Crippen molar-refractivity contribution in [2.24, 2.45) is 0 Å². The molecule has 2 rings (SSSR count). The number of carbonyl (C=O) groups is 2.